The molecule has 3 aromatic rings. The molecular weight excluding hydrogens is 376 g/mol. The molecule has 1 amide bonds. The van der Waals surface area contributed by atoms with Crippen LogP contribution in [0, 0.1) is 5.92 Å². The van der Waals surface area contributed by atoms with Crippen LogP contribution in [0.25, 0.3) is 22.3 Å². The fourth-order valence-electron chi connectivity index (χ4n) is 5.41. The third kappa shape index (κ3) is 2.74. The number of benzene rings is 1. The number of likely N-dealkylation sites (tertiary alicyclic amines) is 1. The Labute approximate surface area is 175 Å². The van der Waals surface area contributed by atoms with Crippen molar-refractivity contribution in [1.29, 1.82) is 0 Å². The van der Waals surface area contributed by atoms with Gasteiger partial charge in [-0.15, -0.1) is 10.2 Å². The largest absolute Gasteiger partial charge is 0.507 e. The minimum Gasteiger partial charge on any atom is -0.507 e. The molecule has 0 unspecified atom stereocenters. The number of hydrogen-bond donors (Lipinski definition) is 2. The van der Waals surface area contributed by atoms with Crippen molar-refractivity contribution in [2.24, 2.45) is 5.92 Å². The van der Waals surface area contributed by atoms with Crippen molar-refractivity contribution in [3.05, 3.63) is 54.2 Å². The van der Waals surface area contributed by atoms with Crippen molar-refractivity contribution in [1.82, 2.24) is 20.1 Å². The average molecular weight is 402 g/mol. The number of aromatic nitrogens is 3. The van der Waals surface area contributed by atoms with Gasteiger partial charge in [0.1, 0.15) is 5.75 Å². The zero-order valence-corrected chi connectivity index (χ0v) is 17.3. The van der Waals surface area contributed by atoms with Crippen LogP contribution in [0.15, 0.2) is 43.0 Å². The molecule has 3 heterocycles. The van der Waals surface area contributed by atoms with Gasteiger partial charge >= 0.3 is 0 Å². The molecule has 2 N–H and O–H groups in total. The van der Waals surface area contributed by atoms with E-state index in [0.29, 0.717) is 17.2 Å². The molecule has 0 radical (unpaired) electrons. The second kappa shape index (κ2) is 6.97. The minimum atomic E-state index is 0.0204. The summed E-state index contributed by atoms with van der Waals surface area (Å²) >= 11 is 0. The summed E-state index contributed by atoms with van der Waals surface area (Å²) in [5.41, 5.74) is 4.51. The molecule has 2 aliphatic rings. The Bertz CT molecular complexity index is 1150. The summed E-state index contributed by atoms with van der Waals surface area (Å²) in [7, 11) is 0. The molecule has 6 heteroatoms. The molecule has 1 saturated heterocycles. The van der Waals surface area contributed by atoms with Crippen molar-refractivity contribution < 1.29 is 9.90 Å². The predicted octanol–water partition coefficient (Wildman–Crippen LogP) is 4.34. The highest BCUT2D eigenvalue weighted by Gasteiger charge is 2.51. The summed E-state index contributed by atoms with van der Waals surface area (Å²) in [6, 6.07) is 9.44. The van der Waals surface area contributed by atoms with Crippen LogP contribution in [0.2, 0.25) is 0 Å². The maximum Gasteiger partial charge on any atom is 0.246 e. The maximum atomic E-state index is 12.3. The van der Waals surface area contributed by atoms with Crippen LogP contribution in [0.1, 0.15) is 49.8 Å². The monoisotopic (exact) mass is 402 g/mol. The molecule has 30 heavy (non-hydrogen) atoms. The van der Waals surface area contributed by atoms with Crippen molar-refractivity contribution in [3.8, 4) is 17.0 Å². The van der Waals surface area contributed by atoms with E-state index in [1.165, 1.54) is 17.3 Å². The number of carbonyl (C=O) groups excluding carboxylic acids is 1. The number of phenols is 1. The Balaban J connectivity index is 1.61. The number of phenolic OH excluding ortho intramolecular Hbond substituents is 1. The van der Waals surface area contributed by atoms with E-state index in [4.69, 9.17) is 0 Å². The SMILES string of the molecule is C=CC(=O)N1C[C@@H]2CC[C@@H](c3[nH]c4nnc(-c5ccccc5O)cc4c3C(C)C)[C@@H]21. The summed E-state index contributed by atoms with van der Waals surface area (Å²) in [4.78, 5) is 17.8. The number of nitrogens with one attached hydrogen (secondary N) is 1. The standard InChI is InChI=1S/C24H26N4O2/c1-4-20(30)28-12-14-9-10-16(23(14)28)22-21(13(2)3)17-11-18(26-27-24(17)25-22)15-7-5-6-8-19(15)29/h4-8,11,13-14,16,23,29H,1,9-10,12H2,2-3H3,(H,25,27)/t14-,16-,23+/m0/s1. The first-order chi connectivity index (χ1) is 14.5. The number of rotatable bonds is 4. The maximum absolute atomic E-state index is 12.3. The summed E-state index contributed by atoms with van der Waals surface area (Å²) in [5, 5.41) is 20.1. The minimum absolute atomic E-state index is 0.0204. The van der Waals surface area contributed by atoms with Gasteiger partial charge in [-0.25, -0.2) is 0 Å². The number of para-hydroxylation sites is 1. The van der Waals surface area contributed by atoms with Crippen molar-refractivity contribution in [2.75, 3.05) is 6.54 Å². The van der Waals surface area contributed by atoms with Gasteiger partial charge in [-0.05, 0) is 54.5 Å². The number of amides is 1. The van der Waals surface area contributed by atoms with Gasteiger partial charge in [-0.1, -0.05) is 32.6 Å². The molecule has 1 aliphatic heterocycles. The van der Waals surface area contributed by atoms with E-state index in [9.17, 15) is 9.90 Å². The molecule has 1 saturated carbocycles. The number of nitrogens with zero attached hydrogens (tertiary/aromatic N) is 3. The zero-order valence-electron chi connectivity index (χ0n) is 17.3. The lowest BCUT2D eigenvalue weighted by atomic mass is 9.83. The van der Waals surface area contributed by atoms with E-state index < -0.39 is 0 Å². The number of H-pyrrole nitrogens is 1. The van der Waals surface area contributed by atoms with Gasteiger partial charge in [-0.2, -0.15) is 0 Å². The third-order valence-corrected chi connectivity index (χ3v) is 6.75. The van der Waals surface area contributed by atoms with E-state index in [1.807, 2.05) is 23.1 Å². The Morgan fingerprint density at radius 2 is 2.10 bits per heavy atom. The normalized spacial score (nSPS) is 22.9. The Hall–Kier alpha value is -3.15. The number of aromatic amines is 1. The smallest absolute Gasteiger partial charge is 0.246 e. The van der Waals surface area contributed by atoms with Crippen LogP contribution in [0.5, 0.6) is 5.75 Å². The fraction of sp³-hybridized carbons (Fsp3) is 0.375. The number of aromatic hydroxyl groups is 1. The molecule has 0 bridgehead atoms. The average Bonchev–Trinajstić information content (AvgIpc) is 3.25. The van der Waals surface area contributed by atoms with E-state index in [-0.39, 0.29) is 29.5 Å². The Kier molecular flexibility index (Phi) is 4.38. The molecule has 154 valence electrons. The van der Waals surface area contributed by atoms with Gasteiger partial charge in [0, 0.05) is 35.1 Å². The van der Waals surface area contributed by atoms with Gasteiger partial charge in [0.2, 0.25) is 5.91 Å². The number of fused-ring (bicyclic) bond motifs is 2. The van der Waals surface area contributed by atoms with Crippen molar-refractivity contribution >= 4 is 16.9 Å². The van der Waals surface area contributed by atoms with Crippen LogP contribution >= 0.6 is 0 Å². The second-order valence-electron chi connectivity index (χ2n) is 8.75. The summed E-state index contributed by atoms with van der Waals surface area (Å²) in [5.74, 6) is 1.34. The van der Waals surface area contributed by atoms with Gasteiger partial charge in [0.25, 0.3) is 0 Å². The molecule has 2 fully saturated rings. The quantitative estimate of drug-likeness (QED) is 0.636. The van der Waals surface area contributed by atoms with E-state index >= 15 is 0 Å². The fourth-order valence-corrected chi connectivity index (χ4v) is 5.41. The molecule has 2 aromatic heterocycles. The highest BCUT2D eigenvalue weighted by molar-refractivity contribution is 5.89. The molecular formula is C24H26N4O2. The summed E-state index contributed by atoms with van der Waals surface area (Å²) < 4.78 is 0. The first kappa shape index (κ1) is 18.9. The highest BCUT2D eigenvalue weighted by atomic mass is 16.3. The molecule has 3 atom stereocenters. The first-order valence-corrected chi connectivity index (χ1v) is 10.6. The lowest BCUT2D eigenvalue weighted by Gasteiger charge is -2.46. The van der Waals surface area contributed by atoms with Crippen LogP contribution in [0.4, 0.5) is 0 Å². The van der Waals surface area contributed by atoms with Crippen LogP contribution in [-0.4, -0.2) is 43.7 Å². The van der Waals surface area contributed by atoms with Crippen LogP contribution in [0.3, 0.4) is 0 Å². The van der Waals surface area contributed by atoms with Crippen LogP contribution < -0.4 is 0 Å². The van der Waals surface area contributed by atoms with Crippen molar-refractivity contribution in [2.45, 2.75) is 44.6 Å². The van der Waals surface area contributed by atoms with Crippen molar-refractivity contribution in [3.63, 3.8) is 0 Å². The molecule has 1 aliphatic carbocycles. The molecule has 0 spiro atoms. The lowest BCUT2D eigenvalue weighted by molar-refractivity contribution is -0.137. The Morgan fingerprint density at radius 1 is 1.30 bits per heavy atom. The summed E-state index contributed by atoms with van der Waals surface area (Å²) in [6.45, 7) is 8.87. The molecule has 1 aromatic carbocycles. The van der Waals surface area contributed by atoms with E-state index in [2.05, 4.69) is 35.6 Å². The van der Waals surface area contributed by atoms with Gasteiger partial charge in [0.15, 0.2) is 5.65 Å². The van der Waals surface area contributed by atoms with Gasteiger partial charge in [0.05, 0.1) is 5.69 Å². The second-order valence-corrected chi connectivity index (χ2v) is 8.75. The third-order valence-electron chi connectivity index (χ3n) is 6.75. The number of carbonyl (C=O) groups is 1. The van der Waals surface area contributed by atoms with E-state index in [0.717, 1.165) is 30.4 Å². The van der Waals surface area contributed by atoms with Gasteiger partial charge < -0.3 is 15.0 Å². The predicted molar refractivity (Wildman–Crippen MR) is 116 cm³/mol. The highest BCUT2D eigenvalue weighted by Crippen LogP contribution is 2.50. The zero-order chi connectivity index (χ0) is 21.0. The van der Waals surface area contributed by atoms with Gasteiger partial charge in [-0.3, -0.25) is 4.79 Å². The summed E-state index contributed by atoms with van der Waals surface area (Å²) in [6.07, 6.45) is 3.62. The number of hydrogen-bond acceptors (Lipinski definition) is 4. The Morgan fingerprint density at radius 3 is 2.83 bits per heavy atom. The lowest BCUT2D eigenvalue weighted by Crippen LogP contribution is -2.57. The molecule has 5 rings (SSSR count). The first-order valence-electron chi connectivity index (χ1n) is 10.6. The van der Waals surface area contributed by atoms with Crippen LogP contribution in [-0.2, 0) is 4.79 Å². The molecule has 6 nitrogen and oxygen atoms in total. The topological polar surface area (TPSA) is 82.1 Å². The van der Waals surface area contributed by atoms with E-state index in [1.54, 1.807) is 12.1 Å².